The maximum atomic E-state index is 11.6. The summed E-state index contributed by atoms with van der Waals surface area (Å²) in [5.41, 5.74) is 7.40. The molecule has 2 heterocycles. The van der Waals surface area contributed by atoms with Crippen LogP contribution in [0, 0.1) is 12.3 Å². The van der Waals surface area contributed by atoms with E-state index in [4.69, 9.17) is 5.73 Å². The molecule has 0 bridgehead atoms. The maximum Gasteiger partial charge on any atom is 0.225 e. The van der Waals surface area contributed by atoms with Crippen LogP contribution in [0.4, 0.5) is 5.82 Å². The van der Waals surface area contributed by atoms with Crippen LogP contribution in [0.5, 0.6) is 0 Å². The first-order valence-corrected chi connectivity index (χ1v) is 7.55. The summed E-state index contributed by atoms with van der Waals surface area (Å²) >= 11 is 0. The summed E-state index contributed by atoms with van der Waals surface area (Å²) in [6, 6.07) is 2.62. The van der Waals surface area contributed by atoms with Crippen LogP contribution in [0.15, 0.2) is 12.3 Å². The number of nitrogens with one attached hydrogen (secondary N) is 1. The number of nitrogens with two attached hydrogens (primary N) is 1. The van der Waals surface area contributed by atoms with Gasteiger partial charge in [-0.25, -0.2) is 4.98 Å². The number of anilines is 1. The van der Waals surface area contributed by atoms with Crippen LogP contribution in [0.2, 0.25) is 0 Å². The summed E-state index contributed by atoms with van der Waals surface area (Å²) in [5, 5.41) is 3.39. The zero-order chi connectivity index (χ0) is 15.6. The number of rotatable bonds is 5. The van der Waals surface area contributed by atoms with Crippen LogP contribution in [-0.4, -0.2) is 30.0 Å². The number of aryl methyl sites for hydroxylation is 1. The highest BCUT2D eigenvalue weighted by Crippen LogP contribution is 2.33. The van der Waals surface area contributed by atoms with E-state index in [2.05, 4.69) is 42.0 Å². The van der Waals surface area contributed by atoms with E-state index >= 15 is 0 Å². The lowest BCUT2D eigenvalue weighted by Crippen LogP contribution is -2.37. The van der Waals surface area contributed by atoms with Crippen LogP contribution >= 0.6 is 0 Å². The fraction of sp³-hybridized carbons (Fsp3) is 0.625. The number of hydrogen-bond acceptors (Lipinski definition) is 4. The van der Waals surface area contributed by atoms with Crippen molar-refractivity contribution in [2.45, 2.75) is 46.7 Å². The van der Waals surface area contributed by atoms with Crippen molar-refractivity contribution in [1.82, 2.24) is 10.3 Å². The molecule has 21 heavy (non-hydrogen) atoms. The molecule has 1 saturated heterocycles. The molecule has 0 aliphatic carbocycles. The molecule has 0 aromatic carbocycles. The van der Waals surface area contributed by atoms with Gasteiger partial charge in [-0.05, 0) is 37.5 Å². The molecule has 0 spiro atoms. The number of pyridine rings is 1. The van der Waals surface area contributed by atoms with Gasteiger partial charge in [0.2, 0.25) is 5.91 Å². The maximum absolute atomic E-state index is 11.6. The van der Waals surface area contributed by atoms with E-state index in [1.165, 1.54) is 5.56 Å². The highest BCUT2D eigenvalue weighted by atomic mass is 16.1. The lowest BCUT2D eigenvalue weighted by atomic mass is 9.89. The van der Waals surface area contributed by atoms with Gasteiger partial charge in [0, 0.05) is 31.9 Å². The quantitative estimate of drug-likeness (QED) is 0.864. The Labute approximate surface area is 126 Å². The molecule has 5 nitrogen and oxygen atoms in total. The minimum absolute atomic E-state index is 0.222. The molecule has 2 rings (SSSR count). The van der Waals surface area contributed by atoms with E-state index in [-0.39, 0.29) is 5.91 Å². The Morgan fingerprint density at radius 2 is 2.29 bits per heavy atom. The molecule has 1 fully saturated rings. The predicted octanol–water partition coefficient (Wildman–Crippen LogP) is 1.59. The molecule has 116 valence electrons. The molecule has 1 amide bonds. The van der Waals surface area contributed by atoms with E-state index in [1.807, 2.05) is 13.1 Å². The van der Waals surface area contributed by atoms with Crippen LogP contribution < -0.4 is 16.0 Å². The van der Waals surface area contributed by atoms with Gasteiger partial charge in [0.15, 0.2) is 0 Å². The summed E-state index contributed by atoms with van der Waals surface area (Å²) in [6.07, 6.45) is 2.71. The van der Waals surface area contributed by atoms with Crippen LogP contribution in [-0.2, 0) is 11.3 Å². The largest absolute Gasteiger partial charge is 0.369 e. The molecule has 1 aliphatic rings. The van der Waals surface area contributed by atoms with Gasteiger partial charge in [0.05, 0.1) is 5.41 Å². The molecular formula is C16H26N4O. The van der Waals surface area contributed by atoms with Crippen molar-refractivity contribution in [2.75, 3.05) is 18.0 Å². The Balaban J connectivity index is 2.10. The monoisotopic (exact) mass is 290 g/mol. The minimum Gasteiger partial charge on any atom is -0.369 e. The number of primary amides is 1. The van der Waals surface area contributed by atoms with Crippen LogP contribution in [0.25, 0.3) is 0 Å². The van der Waals surface area contributed by atoms with Crippen LogP contribution in [0.1, 0.15) is 38.3 Å². The molecule has 1 aliphatic heterocycles. The lowest BCUT2D eigenvalue weighted by Gasteiger charge is -2.23. The number of carbonyl (C=O) groups is 1. The van der Waals surface area contributed by atoms with Gasteiger partial charge >= 0.3 is 0 Å². The van der Waals surface area contributed by atoms with Crippen molar-refractivity contribution in [3.05, 3.63) is 23.4 Å². The molecule has 0 radical (unpaired) electrons. The van der Waals surface area contributed by atoms with Gasteiger partial charge in [0.25, 0.3) is 0 Å². The first kappa shape index (κ1) is 15.8. The fourth-order valence-corrected chi connectivity index (χ4v) is 2.72. The molecule has 3 N–H and O–H groups in total. The van der Waals surface area contributed by atoms with Gasteiger partial charge in [-0.1, -0.05) is 13.8 Å². The van der Waals surface area contributed by atoms with Gasteiger partial charge < -0.3 is 16.0 Å². The minimum atomic E-state index is -0.439. The van der Waals surface area contributed by atoms with Crippen molar-refractivity contribution < 1.29 is 4.79 Å². The highest BCUT2D eigenvalue weighted by molar-refractivity contribution is 5.82. The molecular weight excluding hydrogens is 264 g/mol. The number of aromatic nitrogens is 1. The highest BCUT2D eigenvalue weighted by Gasteiger charge is 2.39. The second-order valence-corrected chi connectivity index (χ2v) is 6.62. The standard InChI is InChI=1S/C16H26N4O/c1-11(2)18-8-13-7-12(3)14(19-9-13)20-6-5-16(4,10-20)15(17)21/h7,9,11,18H,5-6,8,10H2,1-4H3,(H2,17,21). The van der Waals surface area contributed by atoms with Gasteiger partial charge in [0.1, 0.15) is 5.82 Å². The van der Waals surface area contributed by atoms with E-state index in [0.29, 0.717) is 12.6 Å². The number of nitrogens with zero attached hydrogens (tertiary/aromatic N) is 2. The summed E-state index contributed by atoms with van der Waals surface area (Å²) in [7, 11) is 0. The Bertz CT molecular complexity index is 529. The van der Waals surface area contributed by atoms with E-state index in [9.17, 15) is 4.79 Å². The summed E-state index contributed by atoms with van der Waals surface area (Å²) in [4.78, 5) is 18.3. The Morgan fingerprint density at radius 3 is 2.81 bits per heavy atom. The zero-order valence-corrected chi connectivity index (χ0v) is 13.4. The first-order valence-electron chi connectivity index (χ1n) is 7.55. The van der Waals surface area contributed by atoms with E-state index in [1.54, 1.807) is 0 Å². The van der Waals surface area contributed by atoms with Gasteiger partial charge in [-0.3, -0.25) is 4.79 Å². The molecule has 0 saturated carbocycles. The average Bonchev–Trinajstić information content (AvgIpc) is 2.80. The summed E-state index contributed by atoms with van der Waals surface area (Å²) < 4.78 is 0. The SMILES string of the molecule is Cc1cc(CNC(C)C)cnc1N1CCC(C)(C(N)=O)C1. The third kappa shape index (κ3) is 3.53. The van der Waals surface area contributed by atoms with Crippen molar-refractivity contribution in [2.24, 2.45) is 11.1 Å². The van der Waals surface area contributed by atoms with E-state index < -0.39 is 5.41 Å². The number of carbonyl (C=O) groups excluding carboxylic acids is 1. The van der Waals surface area contributed by atoms with Gasteiger partial charge in [-0.2, -0.15) is 0 Å². The number of amides is 1. The van der Waals surface area contributed by atoms with Crippen molar-refractivity contribution in [3.63, 3.8) is 0 Å². The molecule has 1 unspecified atom stereocenters. The Morgan fingerprint density at radius 1 is 1.57 bits per heavy atom. The first-order chi connectivity index (χ1) is 9.82. The molecule has 5 heteroatoms. The van der Waals surface area contributed by atoms with Crippen LogP contribution in [0.3, 0.4) is 0 Å². The van der Waals surface area contributed by atoms with Crippen molar-refractivity contribution in [3.8, 4) is 0 Å². The second-order valence-electron chi connectivity index (χ2n) is 6.62. The third-order valence-electron chi connectivity index (χ3n) is 4.19. The molecule has 1 atom stereocenters. The Kier molecular flexibility index (Phi) is 4.52. The molecule has 1 aromatic heterocycles. The van der Waals surface area contributed by atoms with E-state index in [0.717, 1.165) is 30.9 Å². The third-order valence-corrected chi connectivity index (χ3v) is 4.19. The lowest BCUT2D eigenvalue weighted by molar-refractivity contribution is -0.125. The van der Waals surface area contributed by atoms with Crippen molar-refractivity contribution in [1.29, 1.82) is 0 Å². The van der Waals surface area contributed by atoms with Gasteiger partial charge in [-0.15, -0.1) is 0 Å². The zero-order valence-electron chi connectivity index (χ0n) is 13.4. The second kappa shape index (κ2) is 6.02. The fourth-order valence-electron chi connectivity index (χ4n) is 2.72. The normalized spacial score (nSPS) is 22.0. The summed E-state index contributed by atoms with van der Waals surface area (Å²) in [6.45, 7) is 10.6. The smallest absolute Gasteiger partial charge is 0.225 e. The number of hydrogen-bond donors (Lipinski definition) is 2. The topological polar surface area (TPSA) is 71.2 Å². The average molecular weight is 290 g/mol. The Hall–Kier alpha value is -1.62. The predicted molar refractivity (Wildman–Crippen MR) is 85.1 cm³/mol. The van der Waals surface area contributed by atoms with Crippen molar-refractivity contribution >= 4 is 11.7 Å². The summed E-state index contributed by atoms with van der Waals surface area (Å²) in [5.74, 6) is 0.744. The molecule has 1 aromatic rings.